The second kappa shape index (κ2) is 11.8. The lowest BCUT2D eigenvalue weighted by molar-refractivity contribution is -0.192. The predicted octanol–water partition coefficient (Wildman–Crippen LogP) is 4.81. The standard InChI is InChI=1S/C17H20BrN3O4S2.C2HF3O2/c18-14-6-7-15(26-14)27(24,25)20-12-10-13(17(22)23)16(19-11-12)21-8-4-2-1-3-5-9-21;3-2(4,5)1(6)7/h6-7,10-11,20H,1-5,8-9H2,(H,22,23);(H,6,7). The molecule has 188 valence electrons. The van der Waals surface area contributed by atoms with Crippen LogP contribution in [0.1, 0.15) is 42.5 Å². The molecule has 0 saturated carbocycles. The molecule has 0 spiro atoms. The maximum absolute atomic E-state index is 12.5. The van der Waals surface area contributed by atoms with Gasteiger partial charge in [0.1, 0.15) is 15.6 Å². The number of pyridine rings is 1. The number of aliphatic carboxylic acids is 1. The third kappa shape index (κ3) is 8.13. The number of hydrogen-bond donors (Lipinski definition) is 3. The summed E-state index contributed by atoms with van der Waals surface area (Å²) >= 11 is 4.31. The van der Waals surface area contributed by atoms with Crippen LogP contribution in [-0.2, 0) is 14.8 Å². The van der Waals surface area contributed by atoms with Crippen molar-refractivity contribution in [1.82, 2.24) is 4.98 Å². The zero-order valence-corrected chi connectivity index (χ0v) is 20.7. The van der Waals surface area contributed by atoms with E-state index in [9.17, 15) is 31.5 Å². The number of halogens is 4. The van der Waals surface area contributed by atoms with Crippen molar-refractivity contribution in [3.8, 4) is 0 Å². The van der Waals surface area contributed by atoms with E-state index in [0.29, 0.717) is 9.60 Å². The second-order valence-corrected chi connectivity index (χ2v) is 11.5. The van der Waals surface area contributed by atoms with Crippen molar-refractivity contribution in [2.45, 2.75) is 42.5 Å². The first kappa shape index (κ1) is 27.9. The van der Waals surface area contributed by atoms with Gasteiger partial charge >= 0.3 is 18.1 Å². The third-order valence-electron chi connectivity index (χ3n) is 4.56. The van der Waals surface area contributed by atoms with Crippen LogP contribution < -0.4 is 9.62 Å². The molecule has 1 saturated heterocycles. The van der Waals surface area contributed by atoms with Crippen LogP contribution in [0.15, 0.2) is 32.4 Å². The highest BCUT2D eigenvalue weighted by atomic mass is 79.9. The molecule has 15 heteroatoms. The van der Waals surface area contributed by atoms with Crippen LogP contribution >= 0.6 is 27.3 Å². The van der Waals surface area contributed by atoms with Gasteiger partial charge in [-0.05, 0) is 47.0 Å². The van der Waals surface area contributed by atoms with E-state index in [0.717, 1.165) is 50.1 Å². The van der Waals surface area contributed by atoms with Crippen molar-refractivity contribution < 1.29 is 41.4 Å². The van der Waals surface area contributed by atoms with Gasteiger partial charge in [0.2, 0.25) is 0 Å². The molecule has 34 heavy (non-hydrogen) atoms. The molecule has 2 aromatic heterocycles. The summed E-state index contributed by atoms with van der Waals surface area (Å²) in [5.74, 6) is -3.49. The van der Waals surface area contributed by atoms with Crippen LogP contribution in [0.4, 0.5) is 24.7 Å². The number of carboxylic acids is 2. The highest BCUT2D eigenvalue weighted by Crippen LogP contribution is 2.29. The summed E-state index contributed by atoms with van der Waals surface area (Å²) in [4.78, 5) is 26.9. The summed E-state index contributed by atoms with van der Waals surface area (Å²) in [6.07, 6.45) is 1.71. The van der Waals surface area contributed by atoms with Gasteiger partial charge in [-0.3, -0.25) is 4.72 Å². The van der Waals surface area contributed by atoms with Crippen LogP contribution in [0.25, 0.3) is 0 Å². The van der Waals surface area contributed by atoms with Crippen LogP contribution in [0, 0.1) is 0 Å². The Morgan fingerprint density at radius 3 is 2.12 bits per heavy atom. The maximum Gasteiger partial charge on any atom is 0.490 e. The number of hydrogen-bond acceptors (Lipinski definition) is 7. The van der Waals surface area contributed by atoms with E-state index in [-0.39, 0.29) is 15.5 Å². The summed E-state index contributed by atoms with van der Waals surface area (Å²) in [7, 11) is -3.79. The number of carbonyl (C=O) groups is 2. The SMILES string of the molecule is O=C(O)C(F)(F)F.O=C(O)c1cc(NS(=O)(=O)c2ccc(Br)s2)cnc1N1CCCCCCC1. The van der Waals surface area contributed by atoms with Crippen LogP contribution in [0.3, 0.4) is 0 Å². The molecule has 3 N–H and O–H groups in total. The first-order valence-corrected chi connectivity index (χ1v) is 13.0. The van der Waals surface area contributed by atoms with E-state index >= 15 is 0 Å². The van der Waals surface area contributed by atoms with Gasteiger partial charge in [0.25, 0.3) is 10.0 Å². The zero-order valence-electron chi connectivity index (χ0n) is 17.5. The smallest absolute Gasteiger partial charge is 0.478 e. The molecule has 1 fully saturated rings. The van der Waals surface area contributed by atoms with Crippen molar-refractivity contribution in [1.29, 1.82) is 0 Å². The van der Waals surface area contributed by atoms with Crippen molar-refractivity contribution in [3.05, 3.63) is 33.7 Å². The average Bonchev–Trinajstić information content (AvgIpc) is 3.15. The van der Waals surface area contributed by atoms with Gasteiger partial charge in [0.05, 0.1) is 15.7 Å². The molecule has 0 radical (unpaired) electrons. The highest BCUT2D eigenvalue weighted by molar-refractivity contribution is 9.11. The first-order valence-electron chi connectivity index (χ1n) is 9.88. The summed E-state index contributed by atoms with van der Waals surface area (Å²) < 4.78 is 59.9. The number of alkyl halides is 3. The highest BCUT2D eigenvalue weighted by Gasteiger charge is 2.38. The van der Waals surface area contributed by atoms with E-state index in [1.54, 1.807) is 6.07 Å². The molecule has 0 bridgehead atoms. The van der Waals surface area contributed by atoms with E-state index in [1.807, 2.05) is 4.90 Å². The quantitative estimate of drug-likeness (QED) is 0.453. The predicted molar refractivity (Wildman–Crippen MR) is 123 cm³/mol. The number of aromatic carboxylic acids is 1. The summed E-state index contributed by atoms with van der Waals surface area (Å²) in [6, 6.07) is 4.46. The zero-order chi connectivity index (χ0) is 25.5. The first-order chi connectivity index (χ1) is 15.8. The molecule has 9 nitrogen and oxygen atoms in total. The van der Waals surface area contributed by atoms with Crippen molar-refractivity contribution in [2.24, 2.45) is 0 Å². The van der Waals surface area contributed by atoms with Gasteiger partial charge in [-0.2, -0.15) is 13.2 Å². The Balaban J connectivity index is 0.000000509. The molecule has 1 aliphatic heterocycles. The second-order valence-electron chi connectivity index (χ2n) is 7.12. The molecule has 1 aliphatic rings. The average molecular weight is 588 g/mol. The van der Waals surface area contributed by atoms with Gasteiger partial charge in [0, 0.05) is 13.1 Å². The topological polar surface area (TPSA) is 137 Å². The number of nitrogens with one attached hydrogen (secondary N) is 1. The van der Waals surface area contributed by atoms with E-state index in [2.05, 4.69) is 25.6 Å². The summed E-state index contributed by atoms with van der Waals surface area (Å²) in [5.41, 5.74) is 0.135. The van der Waals surface area contributed by atoms with Gasteiger partial charge < -0.3 is 15.1 Å². The number of aromatic nitrogens is 1. The summed E-state index contributed by atoms with van der Waals surface area (Å²) in [5, 5.41) is 16.7. The van der Waals surface area contributed by atoms with Gasteiger partial charge in [0.15, 0.2) is 0 Å². The Labute approximate surface area is 205 Å². The largest absolute Gasteiger partial charge is 0.490 e. The van der Waals surface area contributed by atoms with Gasteiger partial charge in [-0.15, -0.1) is 11.3 Å². The minimum absolute atomic E-state index is 0.00290. The van der Waals surface area contributed by atoms with Gasteiger partial charge in [-0.1, -0.05) is 19.3 Å². The minimum atomic E-state index is -5.08. The number of sulfonamides is 1. The van der Waals surface area contributed by atoms with E-state index < -0.39 is 28.1 Å². The van der Waals surface area contributed by atoms with Gasteiger partial charge in [-0.25, -0.2) is 23.0 Å². The Kier molecular flexibility index (Phi) is 9.70. The normalized spacial score (nSPS) is 14.9. The molecule has 2 aromatic rings. The number of nitrogens with zero attached hydrogens (tertiary/aromatic N) is 2. The molecule has 0 aromatic carbocycles. The van der Waals surface area contributed by atoms with E-state index in [4.69, 9.17) is 9.90 Å². The number of anilines is 2. The molecule has 0 atom stereocenters. The van der Waals surface area contributed by atoms with Crippen LogP contribution in [-0.4, -0.2) is 54.8 Å². The fourth-order valence-electron chi connectivity index (χ4n) is 3.03. The monoisotopic (exact) mass is 587 g/mol. The van der Waals surface area contributed by atoms with Crippen LogP contribution in [0.2, 0.25) is 0 Å². The Morgan fingerprint density at radius 1 is 1.09 bits per heavy atom. The Bertz CT molecular complexity index is 1120. The Hall–Kier alpha value is -2.39. The summed E-state index contributed by atoms with van der Waals surface area (Å²) in [6.45, 7) is 1.50. The Morgan fingerprint density at radius 2 is 1.65 bits per heavy atom. The molecular formula is C19H21BrF3N3O6S2. The fraction of sp³-hybridized carbons (Fsp3) is 0.421. The molecule has 3 rings (SSSR count). The molecule has 3 heterocycles. The van der Waals surface area contributed by atoms with Crippen molar-refractivity contribution >= 4 is 60.7 Å². The lowest BCUT2D eigenvalue weighted by Crippen LogP contribution is -2.29. The molecule has 0 unspecified atom stereocenters. The maximum atomic E-state index is 12.5. The molecular weight excluding hydrogens is 567 g/mol. The number of rotatable bonds is 5. The molecule has 0 amide bonds. The lowest BCUT2D eigenvalue weighted by atomic mass is 10.1. The van der Waals surface area contributed by atoms with Crippen molar-refractivity contribution in [3.63, 3.8) is 0 Å². The van der Waals surface area contributed by atoms with Crippen molar-refractivity contribution in [2.75, 3.05) is 22.7 Å². The fourth-order valence-corrected chi connectivity index (χ4v) is 6.07. The number of carboxylic acid groups (broad SMARTS) is 2. The lowest BCUT2D eigenvalue weighted by Gasteiger charge is -2.27. The van der Waals surface area contributed by atoms with Crippen LogP contribution in [0.5, 0.6) is 0 Å². The van der Waals surface area contributed by atoms with E-state index in [1.165, 1.54) is 24.8 Å². The minimum Gasteiger partial charge on any atom is -0.478 e. The molecule has 0 aliphatic carbocycles. The third-order valence-corrected chi connectivity index (χ3v) is 8.06. The number of thiophene rings is 1.